The molecule has 2 rings (SSSR count). The third-order valence-electron chi connectivity index (χ3n) is 4.05. The first-order valence-electron chi connectivity index (χ1n) is 7.17. The van der Waals surface area contributed by atoms with Crippen LogP contribution in [0, 0.1) is 16.0 Å². The number of carbonyl (C=O) groups excluding carboxylic acids is 1. The summed E-state index contributed by atoms with van der Waals surface area (Å²) in [5.41, 5.74) is 0.624. The zero-order valence-electron chi connectivity index (χ0n) is 12.0. The predicted octanol–water partition coefficient (Wildman–Crippen LogP) is 1.98. The first-order valence-corrected chi connectivity index (χ1v) is 7.17. The highest BCUT2D eigenvalue weighted by Crippen LogP contribution is 2.25. The molecular formula is C15H20N2O4. The average Bonchev–Trinajstić information content (AvgIpc) is 2.89. The highest BCUT2D eigenvalue weighted by atomic mass is 16.6. The van der Waals surface area contributed by atoms with E-state index in [0.29, 0.717) is 18.0 Å². The van der Waals surface area contributed by atoms with Gasteiger partial charge in [0.15, 0.2) is 0 Å². The zero-order chi connectivity index (χ0) is 15.4. The number of hydrogen-bond acceptors (Lipinski definition) is 4. The van der Waals surface area contributed by atoms with Crippen LogP contribution in [0.15, 0.2) is 24.3 Å². The van der Waals surface area contributed by atoms with Crippen molar-refractivity contribution < 1.29 is 14.8 Å². The molecule has 1 aromatic rings. The van der Waals surface area contributed by atoms with Crippen LogP contribution >= 0.6 is 0 Å². The van der Waals surface area contributed by atoms with Gasteiger partial charge in [-0.15, -0.1) is 0 Å². The van der Waals surface area contributed by atoms with Crippen LogP contribution in [0.25, 0.3) is 0 Å². The maximum absolute atomic E-state index is 12.1. The summed E-state index contributed by atoms with van der Waals surface area (Å²) in [4.78, 5) is 22.4. The number of aliphatic hydroxyl groups is 1. The Labute approximate surface area is 123 Å². The molecule has 0 aromatic heterocycles. The molecule has 114 valence electrons. The minimum absolute atomic E-state index is 0.00827. The van der Waals surface area contributed by atoms with Crippen molar-refractivity contribution in [1.82, 2.24) is 5.32 Å². The third kappa shape index (κ3) is 4.01. The highest BCUT2D eigenvalue weighted by molar-refractivity contribution is 5.83. The molecule has 0 radical (unpaired) electrons. The molecule has 0 saturated heterocycles. The molecule has 0 aliphatic heterocycles. The van der Waals surface area contributed by atoms with E-state index in [1.54, 1.807) is 19.1 Å². The first-order chi connectivity index (χ1) is 9.97. The minimum Gasteiger partial charge on any atom is -0.393 e. The van der Waals surface area contributed by atoms with E-state index in [9.17, 15) is 20.0 Å². The summed E-state index contributed by atoms with van der Waals surface area (Å²) < 4.78 is 0. The van der Waals surface area contributed by atoms with Crippen molar-refractivity contribution >= 4 is 11.6 Å². The van der Waals surface area contributed by atoms with Gasteiger partial charge in [-0.1, -0.05) is 12.1 Å². The van der Waals surface area contributed by atoms with Gasteiger partial charge < -0.3 is 10.4 Å². The lowest BCUT2D eigenvalue weighted by Gasteiger charge is -2.15. The maximum atomic E-state index is 12.1. The Morgan fingerprint density at radius 1 is 1.52 bits per heavy atom. The summed E-state index contributed by atoms with van der Waals surface area (Å²) in [6.45, 7) is 2.28. The van der Waals surface area contributed by atoms with Gasteiger partial charge in [0.1, 0.15) is 0 Å². The van der Waals surface area contributed by atoms with Gasteiger partial charge in [-0.3, -0.25) is 14.9 Å². The van der Waals surface area contributed by atoms with E-state index in [4.69, 9.17) is 0 Å². The standard InChI is InChI=1S/C15H20N2O4/c1-10(12-3-2-4-13(8-12)17(20)21)15(19)16-9-11-5-6-14(18)7-11/h2-4,8,10-11,14,18H,5-7,9H2,1H3,(H,16,19). The average molecular weight is 292 g/mol. The number of rotatable bonds is 5. The number of aliphatic hydroxyl groups excluding tert-OH is 1. The van der Waals surface area contributed by atoms with E-state index in [-0.39, 0.29) is 17.7 Å². The topological polar surface area (TPSA) is 92.5 Å². The fraction of sp³-hybridized carbons (Fsp3) is 0.533. The van der Waals surface area contributed by atoms with E-state index in [2.05, 4.69) is 5.32 Å². The number of nitro benzene ring substituents is 1. The second-order valence-corrected chi connectivity index (χ2v) is 5.65. The van der Waals surface area contributed by atoms with Crippen molar-refractivity contribution in [3.63, 3.8) is 0 Å². The number of non-ortho nitro benzene ring substituents is 1. The molecule has 1 aliphatic rings. The lowest BCUT2D eigenvalue weighted by molar-refractivity contribution is -0.384. The van der Waals surface area contributed by atoms with Crippen molar-refractivity contribution in [3.05, 3.63) is 39.9 Å². The lowest BCUT2D eigenvalue weighted by atomic mass is 9.99. The van der Waals surface area contributed by atoms with Crippen molar-refractivity contribution in [2.45, 2.75) is 38.2 Å². The molecule has 1 saturated carbocycles. The summed E-state index contributed by atoms with van der Waals surface area (Å²) in [7, 11) is 0. The quantitative estimate of drug-likeness (QED) is 0.641. The van der Waals surface area contributed by atoms with E-state index < -0.39 is 10.8 Å². The monoisotopic (exact) mass is 292 g/mol. The van der Waals surface area contributed by atoms with Crippen LogP contribution in [0.2, 0.25) is 0 Å². The Hall–Kier alpha value is -1.95. The summed E-state index contributed by atoms with van der Waals surface area (Å²) >= 11 is 0. The Kier molecular flexibility index (Phi) is 4.90. The van der Waals surface area contributed by atoms with Gasteiger partial charge in [-0.2, -0.15) is 0 Å². The minimum atomic E-state index is -0.464. The van der Waals surface area contributed by atoms with Gasteiger partial charge in [0.2, 0.25) is 5.91 Å². The van der Waals surface area contributed by atoms with E-state index in [1.165, 1.54) is 12.1 Å². The number of hydrogen-bond donors (Lipinski definition) is 2. The van der Waals surface area contributed by atoms with Crippen LogP contribution in [0.4, 0.5) is 5.69 Å². The normalized spacial score (nSPS) is 22.8. The van der Waals surface area contributed by atoms with Crippen LogP contribution in [0.5, 0.6) is 0 Å². The Balaban J connectivity index is 1.92. The number of carbonyl (C=O) groups is 1. The fourth-order valence-electron chi connectivity index (χ4n) is 2.69. The molecule has 1 fully saturated rings. The van der Waals surface area contributed by atoms with Gasteiger partial charge >= 0.3 is 0 Å². The van der Waals surface area contributed by atoms with Gasteiger partial charge in [-0.05, 0) is 37.7 Å². The molecule has 21 heavy (non-hydrogen) atoms. The number of amides is 1. The SMILES string of the molecule is CC(C(=O)NCC1CCC(O)C1)c1cccc([N+](=O)[O-])c1. The van der Waals surface area contributed by atoms with Crippen molar-refractivity contribution in [1.29, 1.82) is 0 Å². The molecule has 1 amide bonds. The summed E-state index contributed by atoms with van der Waals surface area (Å²) in [5, 5.41) is 23.1. The van der Waals surface area contributed by atoms with Gasteiger partial charge in [0, 0.05) is 18.7 Å². The molecule has 1 aliphatic carbocycles. The number of nitrogens with zero attached hydrogens (tertiary/aromatic N) is 1. The Bertz CT molecular complexity index is 532. The third-order valence-corrected chi connectivity index (χ3v) is 4.05. The zero-order valence-corrected chi connectivity index (χ0v) is 12.0. The number of benzene rings is 1. The largest absolute Gasteiger partial charge is 0.393 e. The van der Waals surface area contributed by atoms with Crippen molar-refractivity contribution in [3.8, 4) is 0 Å². The predicted molar refractivity (Wildman–Crippen MR) is 77.9 cm³/mol. The summed E-state index contributed by atoms with van der Waals surface area (Å²) in [6.07, 6.45) is 2.19. The Morgan fingerprint density at radius 2 is 2.29 bits per heavy atom. The van der Waals surface area contributed by atoms with Gasteiger partial charge in [0.25, 0.3) is 5.69 Å². The maximum Gasteiger partial charge on any atom is 0.269 e. The molecular weight excluding hydrogens is 272 g/mol. The number of nitrogens with one attached hydrogen (secondary N) is 1. The molecule has 6 nitrogen and oxygen atoms in total. The van der Waals surface area contributed by atoms with Gasteiger partial charge in [0.05, 0.1) is 16.9 Å². The molecule has 0 heterocycles. The molecule has 2 N–H and O–H groups in total. The van der Waals surface area contributed by atoms with Crippen LogP contribution in [0.1, 0.15) is 37.7 Å². The molecule has 1 aromatic carbocycles. The second kappa shape index (κ2) is 6.67. The smallest absolute Gasteiger partial charge is 0.269 e. The van der Waals surface area contributed by atoms with Crippen LogP contribution < -0.4 is 5.32 Å². The van der Waals surface area contributed by atoms with E-state index >= 15 is 0 Å². The molecule has 0 spiro atoms. The van der Waals surface area contributed by atoms with E-state index in [0.717, 1.165) is 19.3 Å². The molecule has 0 bridgehead atoms. The molecule has 3 atom stereocenters. The van der Waals surface area contributed by atoms with Crippen LogP contribution in [-0.4, -0.2) is 28.6 Å². The fourth-order valence-corrected chi connectivity index (χ4v) is 2.69. The van der Waals surface area contributed by atoms with Crippen LogP contribution in [-0.2, 0) is 4.79 Å². The van der Waals surface area contributed by atoms with Crippen LogP contribution in [0.3, 0.4) is 0 Å². The van der Waals surface area contributed by atoms with Crippen molar-refractivity contribution in [2.75, 3.05) is 6.54 Å². The molecule has 3 unspecified atom stereocenters. The molecule has 6 heteroatoms. The second-order valence-electron chi connectivity index (χ2n) is 5.65. The lowest BCUT2D eigenvalue weighted by Crippen LogP contribution is -2.32. The van der Waals surface area contributed by atoms with E-state index in [1.807, 2.05) is 0 Å². The Morgan fingerprint density at radius 3 is 2.90 bits per heavy atom. The van der Waals surface area contributed by atoms with Crippen molar-refractivity contribution in [2.24, 2.45) is 5.92 Å². The first kappa shape index (κ1) is 15.4. The van der Waals surface area contributed by atoms with Gasteiger partial charge in [-0.25, -0.2) is 0 Å². The number of nitro groups is 1. The summed E-state index contributed by atoms with van der Waals surface area (Å²) in [5.74, 6) is -0.255. The highest BCUT2D eigenvalue weighted by Gasteiger charge is 2.24. The summed E-state index contributed by atoms with van der Waals surface area (Å²) in [6, 6.07) is 6.15.